The number of nitrogens with two attached hydrogens (primary N) is 1. The van der Waals surface area contributed by atoms with Crippen LogP contribution in [0.3, 0.4) is 0 Å². The number of nitrogens with one attached hydrogen (secondary N) is 2. The van der Waals surface area contributed by atoms with Gasteiger partial charge in [-0.1, -0.05) is 12.1 Å². The van der Waals surface area contributed by atoms with E-state index < -0.39 is 0 Å². The second-order valence-electron chi connectivity index (χ2n) is 3.48. The van der Waals surface area contributed by atoms with Gasteiger partial charge in [0.05, 0.1) is 16.9 Å². The Morgan fingerprint density at radius 3 is 2.59 bits per heavy atom. The van der Waals surface area contributed by atoms with E-state index in [-0.39, 0.29) is 11.5 Å². The molecule has 17 heavy (non-hydrogen) atoms. The normalized spacial score (nSPS) is 9.88. The SMILES string of the molecule is Nc1ccccc1NC(=O)c1ccc(=O)[nH]c1. The van der Waals surface area contributed by atoms with Crippen LogP contribution in [0.15, 0.2) is 47.4 Å². The van der Waals surface area contributed by atoms with E-state index >= 15 is 0 Å². The summed E-state index contributed by atoms with van der Waals surface area (Å²) in [5, 5.41) is 2.66. The lowest BCUT2D eigenvalue weighted by Gasteiger charge is -2.07. The fourth-order valence-electron chi connectivity index (χ4n) is 1.36. The number of hydrogen-bond acceptors (Lipinski definition) is 3. The molecule has 0 atom stereocenters. The van der Waals surface area contributed by atoms with Crippen molar-refractivity contribution in [1.29, 1.82) is 0 Å². The molecule has 4 N–H and O–H groups in total. The minimum atomic E-state index is -0.320. The lowest BCUT2D eigenvalue weighted by Crippen LogP contribution is -2.15. The number of hydrogen-bond donors (Lipinski definition) is 3. The number of anilines is 2. The van der Waals surface area contributed by atoms with Crippen molar-refractivity contribution in [1.82, 2.24) is 4.98 Å². The fraction of sp³-hybridized carbons (Fsp3) is 0. The van der Waals surface area contributed by atoms with Gasteiger partial charge in [-0.05, 0) is 18.2 Å². The number of rotatable bonds is 2. The van der Waals surface area contributed by atoms with Gasteiger partial charge in [-0.25, -0.2) is 0 Å². The number of pyridine rings is 1. The molecule has 2 rings (SSSR count). The van der Waals surface area contributed by atoms with Crippen molar-refractivity contribution in [3.05, 3.63) is 58.5 Å². The topological polar surface area (TPSA) is 88.0 Å². The van der Waals surface area contributed by atoms with Crippen molar-refractivity contribution < 1.29 is 4.79 Å². The van der Waals surface area contributed by atoms with E-state index in [4.69, 9.17) is 5.73 Å². The number of aromatic amines is 1. The fourth-order valence-corrected chi connectivity index (χ4v) is 1.36. The summed E-state index contributed by atoms with van der Waals surface area (Å²) in [6.45, 7) is 0. The average Bonchev–Trinajstić information content (AvgIpc) is 2.33. The van der Waals surface area contributed by atoms with Crippen molar-refractivity contribution in [2.45, 2.75) is 0 Å². The van der Waals surface area contributed by atoms with Crippen molar-refractivity contribution in [3.63, 3.8) is 0 Å². The van der Waals surface area contributed by atoms with E-state index in [0.29, 0.717) is 16.9 Å². The zero-order chi connectivity index (χ0) is 12.3. The molecule has 0 unspecified atom stereocenters. The minimum Gasteiger partial charge on any atom is -0.397 e. The molecule has 2 aromatic rings. The van der Waals surface area contributed by atoms with E-state index in [2.05, 4.69) is 10.3 Å². The molecule has 1 amide bonds. The number of amides is 1. The number of carbonyl (C=O) groups excluding carboxylic acids is 1. The summed E-state index contributed by atoms with van der Waals surface area (Å²) < 4.78 is 0. The van der Waals surface area contributed by atoms with E-state index in [1.807, 2.05) is 0 Å². The number of benzene rings is 1. The molecule has 0 saturated heterocycles. The number of carbonyl (C=O) groups is 1. The van der Waals surface area contributed by atoms with Crippen LogP contribution in [0.1, 0.15) is 10.4 Å². The molecule has 0 aliphatic carbocycles. The summed E-state index contributed by atoms with van der Waals surface area (Å²) in [6.07, 6.45) is 1.36. The van der Waals surface area contributed by atoms with Gasteiger partial charge in [0.15, 0.2) is 0 Å². The van der Waals surface area contributed by atoms with Crippen LogP contribution >= 0.6 is 0 Å². The molecular formula is C12H11N3O2. The van der Waals surface area contributed by atoms with Crippen LogP contribution < -0.4 is 16.6 Å². The number of H-pyrrole nitrogens is 1. The first kappa shape index (κ1) is 10.9. The summed E-state index contributed by atoms with van der Waals surface area (Å²) in [4.78, 5) is 25.1. The van der Waals surface area contributed by atoms with Crippen LogP contribution in [0.4, 0.5) is 11.4 Å². The zero-order valence-corrected chi connectivity index (χ0v) is 8.94. The molecule has 5 heteroatoms. The van der Waals surface area contributed by atoms with Gasteiger partial charge < -0.3 is 16.0 Å². The van der Waals surface area contributed by atoms with Crippen molar-refractivity contribution >= 4 is 17.3 Å². The van der Waals surface area contributed by atoms with Crippen LogP contribution in [-0.2, 0) is 0 Å². The molecule has 1 aromatic carbocycles. The van der Waals surface area contributed by atoms with E-state index in [1.54, 1.807) is 24.3 Å². The van der Waals surface area contributed by atoms with Crippen LogP contribution in [0.25, 0.3) is 0 Å². The van der Waals surface area contributed by atoms with Gasteiger partial charge in [0, 0.05) is 12.3 Å². The Bertz CT molecular complexity index is 584. The Morgan fingerprint density at radius 1 is 1.18 bits per heavy atom. The third-order valence-electron chi connectivity index (χ3n) is 2.26. The Kier molecular flexibility index (Phi) is 2.91. The first-order valence-corrected chi connectivity index (χ1v) is 5.01. The summed E-state index contributed by atoms with van der Waals surface area (Å²) in [7, 11) is 0. The smallest absolute Gasteiger partial charge is 0.257 e. The molecular weight excluding hydrogens is 218 g/mol. The molecule has 1 heterocycles. The number of aromatic nitrogens is 1. The highest BCUT2D eigenvalue weighted by molar-refractivity contribution is 6.05. The minimum absolute atomic E-state index is 0.249. The van der Waals surface area contributed by atoms with Gasteiger partial charge in [-0.3, -0.25) is 9.59 Å². The maximum absolute atomic E-state index is 11.8. The molecule has 0 saturated carbocycles. The second-order valence-corrected chi connectivity index (χ2v) is 3.48. The van der Waals surface area contributed by atoms with E-state index in [1.165, 1.54) is 18.3 Å². The van der Waals surface area contributed by atoms with Crippen LogP contribution in [0, 0.1) is 0 Å². The monoisotopic (exact) mass is 229 g/mol. The standard InChI is InChI=1S/C12H11N3O2/c13-9-3-1-2-4-10(9)15-12(17)8-5-6-11(16)14-7-8/h1-7H,13H2,(H,14,16)(H,15,17). The molecule has 0 aliphatic heterocycles. The van der Waals surface area contributed by atoms with Gasteiger partial charge in [-0.15, -0.1) is 0 Å². The van der Waals surface area contributed by atoms with Gasteiger partial charge >= 0.3 is 0 Å². The predicted molar refractivity (Wildman–Crippen MR) is 65.9 cm³/mol. The highest BCUT2D eigenvalue weighted by atomic mass is 16.1. The zero-order valence-electron chi connectivity index (χ0n) is 8.94. The van der Waals surface area contributed by atoms with Crippen LogP contribution in [0.2, 0.25) is 0 Å². The lowest BCUT2D eigenvalue weighted by atomic mass is 10.2. The van der Waals surface area contributed by atoms with Crippen molar-refractivity contribution in [2.75, 3.05) is 11.1 Å². The molecule has 0 bridgehead atoms. The maximum atomic E-state index is 11.8. The van der Waals surface area contributed by atoms with Crippen molar-refractivity contribution in [3.8, 4) is 0 Å². The van der Waals surface area contributed by atoms with Gasteiger partial charge in [0.1, 0.15) is 0 Å². The molecule has 0 spiro atoms. The van der Waals surface area contributed by atoms with E-state index in [9.17, 15) is 9.59 Å². The Hall–Kier alpha value is -2.56. The largest absolute Gasteiger partial charge is 0.397 e. The molecule has 86 valence electrons. The molecule has 0 aliphatic rings. The number of nitrogen functional groups attached to an aromatic ring is 1. The van der Waals surface area contributed by atoms with Crippen molar-refractivity contribution in [2.24, 2.45) is 0 Å². The average molecular weight is 229 g/mol. The Balaban J connectivity index is 2.20. The summed E-state index contributed by atoms with van der Waals surface area (Å²) in [6, 6.07) is 9.71. The summed E-state index contributed by atoms with van der Waals surface area (Å²) in [5.41, 5.74) is 6.85. The second kappa shape index (κ2) is 4.52. The van der Waals surface area contributed by atoms with E-state index in [0.717, 1.165) is 0 Å². The maximum Gasteiger partial charge on any atom is 0.257 e. The quantitative estimate of drug-likeness (QED) is 0.676. The molecule has 1 aromatic heterocycles. The highest BCUT2D eigenvalue weighted by Crippen LogP contribution is 2.17. The van der Waals surface area contributed by atoms with Gasteiger partial charge in [0.25, 0.3) is 5.91 Å². The third kappa shape index (κ3) is 2.52. The molecule has 0 fully saturated rings. The summed E-state index contributed by atoms with van der Waals surface area (Å²) in [5.74, 6) is -0.320. The molecule has 5 nitrogen and oxygen atoms in total. The first-order valence-electron chi connectivity index (χ1n) is 5.01. The van der Waals surface area contributed by atoms with Crippen LogP contribution in [0.5, 0.6) is 0 Å². The predicted octanol–water partition coefficient (Wildman–Crippen LogP) is 1.21. The van der Waals surface area contributed by atoms with Gasteiger partial charge in [0.2, 0.25) is 5.56 Å². The Morgan fingerprint density at radius 2 is 1.94 bits per heavy atom. The third-order valence-corrected chi connectivity index (χ3v) is 2.26. The Labute approximate surface area is 97.3 Å². The molecule has 0 radical (unpaired) electrons. The lowest BCUT2D eigenvalue weighted by molar-refractivity contribution is 0.102. The summed E-state index contributed by atoms with van der Waals surface area (Å²) >= 11 is 0. The first-order chi connectivity index (χ1) is 8.16. The van der Waals surface area contributed by atoms with Crippen LogP contribution in [-0.4, -0.2) is 10.9 Å². The highest BCUT2D eigenvalue weighted by Gasteiger charge is 2.07. The number of para-hydroxylation sites is 2. The van der Waals surface area contributed by atoms with Gasteiger partial charge in [-0.2, -0.15) is 0 Å².